The number of piperidine rings is 2. The molecule has 0 bridgehead atoms. The highest BCUT2D eigenvalue weighted by atomic mass is 16.2. The fourth-order valence-electron chi connectivity index (χ4n) is 7.11. The van der Waals surface area contributed by atoms with Crippen molar-refractivity contribution in [3.8, 4) is 0 Å². The SMILES string of the molecule is Cc1ccc2c(c1)[C@H]1CN(C)CC[C@@H]1N2C(=O)CC(=O)N1c2ccc(C)cc2[C@@H]2CN(C)CC[C@H]21. The number of likely N-dealkylation sites (N-methyl/N-ethyl adjacent to an activating group) is 2. The zero-order valence-corrected chi connectivity index (χ0v) is 21.3. The molecule has 0 unspecified atom stereocenters. The lowest BCUT2D eigenvalue weighted by atomic mass is 9.88. The van der Waals surface area contributed by atoms with Gasteiger partial charge >= 0.3 is 0 Å². The molecule has 184 valence electrons. The van der Waals surface area contributed by atoms with Gasteiger partial charge < -0.3 is 19.6 Å². The molecule has 0 saturated carbocycles. The standard InChI is InChI=1S/C29H36N4O2/c1-18-5-7-24-20(13-18)22-16-30(3)11-9-26(22)32(24)28(34)15-29(35)33-25-8-6-19(2)14-21(25)23-17-31(4)12-10-27(23)33/h5-8,13-14,22-23,26-27H,9-12,15-17H2,1-4H3/t22-,23+,26+,27-. The number of amides is 2. The third kappa shape index (κ3) is 3.69. The summed E-state index contributed by atoms with van der Waals surface area (Å²) in [6.07, 6.45) is 1.81. The first-order valence-corrected chi connectivity index (χ1v) is 13.0. The van der Waals surface area contributed by atoms with Gasteiger partial charge in [-0.2, -0.15) is 0 Å². The van der Waals surface area contributed by atoms with Gasteiger partial charge in [-0.3, -0.25) is 9.59 Å². The maximum absolute atomic E-state index is 13.8. The minimum absolute atomic E-state index is 0.0535. The van der Waals surface area contributed by atoms with Crippen molar-refractivity contribution in [3.63, 3.8) is 0 Å². The van der Waals surface area contributed by atoms with E-state index in [0.29, 0.717) is 11.8 Å². The number of carbonyl (C=O) groups is 2. The third-order valence-electron chi connectivity index (χ3n) is 8.75. The number of fused-ring (bicyclic) bond motifs is 6. The summed E-state index contributed by atoms with van der Waals surface area (Å²) in [7, 11) is 4.31. The van der Waals surface area contributed by atoms with Crippen LogP contribution in [0.15, 0.2) is 36.4 Å². The van der Waals surface area contributed by atoms with Crippen LogP contribution >= 0.6 is 0 Å². The second kappa shape index (κ2) is 8.45. The van der Waals surface area contributed by atoms with Crippen molar-refractivity contribution in [2.24, 2.45) is 0 Å². The molecule has 6 nitrogen and oxygen atoms in total. The van der Waals surface area contributed by atoms with Crippen molar-refractivity contribution >= 4 is 23.2 Å². The van der Waals surface area contributed by atoms with Crippen LogP contribution in [0.1, 0.15) is 53.4 Å². The molecule has 4 aliphatic heterocycles. The number of hydrogen-bond acceptors (Lipinski definition) is 4. The lowest BCUT2D eigenvalue weighted by Gasteiger charge is -2.38. The van der Waals surface area contributed by atoms with Gasteiger partial charge in [0.1, 0.15) is 6.42 Å². The van der Waals surface area contributed by atoms with Crippen LogP contribution < -0.4 is 9.80 Å². The highest BCUT2D eigenvalue weighted by Gasteiger charge is 2.47. The molecule has 0 aliphatic carbocycles. The van der Waals surface area contributed by atoms with Gasteiger partial charge in [-0.25, -0.2) is 0 Å². The molecule has 2 amide bonds. The van der Waals surface area contributed by atoms with Gasteiger partial charge in [-0.05, 0) is 77.1 Å². The van der Waals surface area contributed by atoms with E-state index in [0.717, 1.165) is 50.4 Å². The maximum atomic E-state index is 13.8. The summed E-state index contributed by atoms with van der Waals surface area (Å²) in [6.45, 7) is 8.08. The average molecular weight is 473 g/mol. The van der Waals surface area contributed by atoms with E-state index in [2.05, 4.69) is 74.1 Å². The lowest BCUT2D eigenvalue weighted by molar-refractivity contribution is -0.127. The van der Waals surface area contributed by atoms with Crippen LogP contribution in [0.5, 0.6) is 0 Å². The van der Waals surface area contributed by atoms with Crippen LogP contribution in [0.2, 0.25) is 0 Å². The second-order valence-corrected chi connectivity index (χ2v) is 11.3. The van der Waals surface area contributed by atoms with E-state index in [4.69, 9.17) is 0 Å². The number of rotatable bonds is 2. The van der Waals surface area contributed by atoms with Gasteiger partial charge in [0.05, 0.1) is 0 Å². The number of nitrogens with zero attached hydrogens (tertiary/aromatic N) is 4. The highest BCUT2D eigenvalue weighted by Crippen LogP contribution is 2.47. The molecule has 6 rings (SSSR count). The van der Waals surface area contributed by atoms with Crippen LogP contribution in [-0.2, 0) is 9.59 Å². The number of likely N-dealkylation sites (tertiary alicyclic amines) is 2. The van der Waals surface area contributed by atoms with E-state index in [1.54, 1.807) is 0 Å². The fraction of sp³-hybridized carbons (Fsp3) is 0.517. The van der Waals surface area contributed by atoms with Crippen molar-refractivity contribution in [1.29, 1.82) is 0 Å². The van der Waals surface area contributed by atoms with E-state index in [1.807, 2.05) is 9.80 Å². The van der Waals surface area contributed by atoms with Crippen molar-refractivity contribution in [2.75, 3.05) is 50.1 Å². The molecule has 35 heavy (non-hydrogen) atoms. The molecule has 2 aromatic carbocycles. The van der Waals surface area contributed by atoms with Gasteiger partial charge in [0.25, 0.3) is 0 Å². The second-order valence-electron chi connectivity index (χ2n) is 11.3. The molecule has 6 heteroatoms. The number of aryl methyl sites for hydroxylation is 2. The summed E-state index contributed by atoms with van der Waals surface area (Å²) in [4.78, 5) is 36.3. The molecule has 2 aromatic rings. The Morgan fingerprint density at radius 3 is 1.60 bits per heavy atom. The highest BCUT2D eigenvalue weighted by molar-refractivity contribution is 6.12. The quantitative estimate of drug-likeness (QED) is 0.626. The molecule has 2 fully saturated rings. The molecule has 0 aromatic heterocycles. The summed E-state index contributed by atoms with van der Waals surface area (Å²) in [6, 6.07) is 13.1. The summed E-state index contributed by atoms with van der Waals surface area (Å²) in [5.41, 5.74) is 6.98. The van der Waals surface area contributed by atoms with Gasteiger partial charge in [0, 0.05) is 48.4 Å². The van der Waals surface area contributed by atoms with Crippen LogP contribution in [-0.4, -0.2) is 74.0 Å². The topological polar surface area (TPSA) is 47.1 Å². The third-order valence-corrected chi connectivity index (χ3v) is 8.75. The molecule has 2 saturated heterocycles. The summed E-state index contributed by atoms with van der Waals surface area (Å²) in [5, 5.41) is 0. The molecule has 4 aliphatic rings. The van der Waals surface area contributed by atoms with Crippen LogP contribution in [0.4, 0.5) is 11.4 Å². The number of hydrogen-bond donors (Lipinski definition) is 0. The molecule has 0 radical (unpaired) electrons. The number of benzene rings is 2. The predicted molar refractivity (Wildman–Crippen MR) is 139 cm³/mol. The van der Waals surface area contributed by atoms with Crippen LogP contribution in [0, 0.1) is 13.8 Å². The Balaban J connectivity index is 1.29. The van der Waals surface area contributed by atoms with Gasteiger partial charge in [0.2, 0.25) is 11.8 Å². The Morgan fingerprint density at radius 2 is 1.17 bits per heavy atom. The summed E-state index contributed by atoms with van der Waals surface area (Å²) in [5.74, 6) is 0.525. The number of carbonyl (C=O) groups excluding carboxylic acids is 2. The van der Waals surface area contributed by atoms with Crippen molar-refractivity contribution < 1.29 is 9.59 Å². The maximum Gasteiger partial charge on any atom is 0.236 e. The van der Waals surface area contributed by atoms with E-state index in [9.17, 15) is 9.59 Å². The van der Waals surface area contributed by atoms with Crippen LogP contribution in [0.25, 0.3) is 0 Å². The Labute approximate surface area is 208 Å². The zero-order chi connectivity index (χ0) is 24.4. The van der Waals surface area contributed by atoms with E-state index < -0.39 is 0 Å². The van der Waals surface area contributed by atoms with Crippen molar-refractivity contribution in [2.45, 2.75) is 57.0 Å². The van der Waals surface area contributed by atoms with Gasteiger partial charge in [0.15, 0.2) is 0 Å². The Kier molecular flexibility index (Phi) is 5.49. The normalized spacial score (nSPS) is 27.9. The average Bonchev–Trinajstić information content (AvgIpc) is 3.30. The minimum atomic E-state index is -0.0707. The van der Waals surface area contributed by atoms with Gasteiger partial charge in [-0.1, -0.05) is 35.4 Å². The largest absolute Gasteiger partial charge is 0.308 e. The molecule has 0 N–H and O–H groups in total. The van der Waals surface area contributed by atoms with Crippen LogP contribution in [0.3, 0.4) is 0 Å². The minimum Gasteiger partial charge on any atom is -0.308 e. The first-order valence-electron chi connectivity index (χ1n) is 13.0. The molecular weight excluding hydrogens is 436 g/mol. The zero-order valence-electron chi connectivity index (χ0n) is 21.3. The van der Waals surface area contributed by atoms with Gasteiger partial charge in [-0.15, -0.1) is 0 Å². The Hall–Kier alpha value is -2.70. The summed E-state index contributed by atoms with van der Waals surface area (Å²) < 4.78 is 0. The van der Waals surface area contributed by atoms with Crippen molar-refractivity contribution in [1.82, 2.24) is 9.80 Å². The summed E-state index contributed by atoms with van der Waals surface area (Å²) >= 11 is 0. The Morgan fingerprint density at radius 1 is 0.743 bits per heavy atom. The first kappa shape index (κ1) is 22.7. The van der Waals surface area contributed by atoms with E-state index >= 15 is 0 Å². The predicted octanol–water partition coefficient (Wildman–Crippen LogP) is 3.66. The molecule has 0 spiro atoms. The lowest BCUT2D eigenvalue weighted by Crippen LogP contribution is -2.50. The smallest absolute Gasteiger partial charge is 0.236 e. The van der Waals surface area contributed by atoms with Crippen molar-refractivity contribution in [3.05, 3.63) is 58.7 Å². The fourth-order valence-corrected chi connectivity index (χ4v) is 7.11. The molecule has 4 heterocycles. The van der Waals surface area contributed by atoms with E-state index in [-0.39, 0.29) is 30.3 Å². The number of anilines is 2. The first-order chi connectivity index (χ1) is 16.8. The molecular formula is C29H36N4O2. The monoisotopic (exact) mass is 472 g/mol. The van der Waals surface area contributed by atoms with E-state index in [1.165, 1.54) is 22.3 Å². The molecule has 4 atom stereocenters. The Bertz CT molecular complexity index is 1100.